The Morgan fingerprint density at radius 3 is 2.62 bits per heavy atom. The molecule has 1 aliphatic rings. The van der Waals surface area contributed by atoms with Crippen molar-refractivity contribution in [1.82, 2.24) is 15.5 Å². The molecule has 154 valence electrons. The Hall–Kier alpha value is -0.850. The molecule has 0 aromatic rings. The van der Waals surface area contributed by atoms with Crippen LogP contribution < -0.4 is 10.6 Å². The molecule has 6 heteroatoms. The summed E-state index contributed by atoms with van der Waals surface area (Å²) in [6.45, 7) is 14.5. The van der Waals surface area contributed by atoms with Gasteiger partial charge in [0.15, 0.2) is 5.96 Å². The van der Waals surface area contributed by atoms with Gasteiger partial charge in [0.25, 0.3) is 0 Å². The summed E-state index contributed by atoms with van der Waals surface area (Å²) in [5.74, 6) is 1.58. The maximum absolute atomic E-state index is 5.81. The number of nitrogens with zero attached hydrogens (tertiary/aromatic N) is 2. The predicted molar refractivity (Wildman–Crippen MR) is 110 cm³/mol. The van der Waals surface area contributed by atoms with Crippen molar-refractivity contribution in [2.45, 2.75) is 58.9 Å². The van der Waals surface area contributed by atoms with Gasteiger partial charge in [0.05, 0.1) is 0 Å². The van der Waals surface area contributed by atoms with Crippen LogP contribution in [0.2, 0.25) is 0 Å². The molecule has 1 rings (SSSR count). The number of rotatable bonds is 13. The second kappa shape index (κ2) is 15.2. The molecule has 0 aliphatic carbocycles. The molecule has 0 bridgehead atoms. The minimum absolute atomic E-state index is 0.432. The molecule has 26 heavy (non-hydrogen) atoms. The average Bonchev–Trinajstić information content (AvgIpc) is 2.67. The first kappa shape index (κ1) is 23.2. The van der Waals surface area contributed by atoms with Crippen LogP contribution in [0.3, 0.4) is 0 Å². The molecule has 0 saturated carbocycles. The summed E-state index contributed by atoms with van der Waals surface area (Å²) < 4.78 is 11.2. The highest BCUT2D eigenvalue weighted by atomic mass is 16.5. The van der Waals surface area contributed by atoms with Crippen molar-refractivity contribution >= 4 is 5.96 Å². The van der Waals surface area contributed by atoms with Crippen LogP contribution in [-0.2, 0) is 9.47 Å². The Labute approximate surface area is 161 Å². The molecule has 1 aliphatic heterocycles. The molecule has 0 radical (unpaired) electrons. The molecule has 1 saturated heterocycles. The fourth-order valence-corrected chi connectivity index (χ4v) is 3.21. The minimum Gasteiger partial charge on any atom is -0.381 e. The first-order chi connectivity index (χ1) is 12.7. The van der Waals surface area contributed by atoms with Gasteiger partial charge in [-0.25, -0.2) is 0 Å². The van der Waals surface area contributed by atoms with Gasteiger partial charge in [-0.3, -0.25) is 4.99 Å². The summed E-state index contributed by atoms with van der Waals surface area (Å²) >= 11 is 0. The van der Waals surface area contributed by atoms with Crippen LogP contribution in [0, 0.1) is 5.92 Å². The van der Waals surface area contributed by atoms with Gasteiger partial charge >= 0.3 is 0 Å². The first-order valence-electron chi connectivity index (χ1n) is 10.5. The quantitative estimate of drug-likeness (QED) is 0.296. The molecule has 0 spiro atoms. The van der Waals surface area contributed by atoms with Crippen LogP contribution in [0.4, 0.5) is 0 Å². The number of nitrogens with one attached hydrogen (secondary N) is 2. The summed E-state index contributed by atoms with van der Waals surface area (Å²) in [5.41, 5.74) is 0. The van der Waals surface area contributed by atoms with Crippen LogP contribution in [0.1, 0.15) is 52.9 Å². The normalized spacial score (nSPS) is 17.5. The molecule has 0 amide bonds. The zero-order valence-corrected chi connectivity index (χ0v) is 17.6. The topological polar surface area (TPSA) is 58.1 Å². The highest BCUT2D eigenvalue weighted by molar-refractivity contribution is 5.79. The highest BCUT2D eigenvalue weighted by Gasteiger charge is 2.13. The van der Waals surface area contributed by atoms with Crippen LogP contribution in [0.25, 0.3) is 0 Å². The van der Waals surface area contributed by atoms with Crippen molar-refractivity contribution in [3.05, 3.63) is 0 Å². The third-order valence-electron chi connectivity index (χ3n) is 5.06. The maximum atomic E-state index is 5.81. The molecular formula is C20H42N4O2. The van der Waals surface area contributed by atoms with Crippen LogP contribution in [-0.4, -0.2) is 76.6 Å². The summed E-state index contributed by atoms with van der Waals surface area (Å²) in [6.07, 6.45) is 5.65. The van der Waals surface area contributed by atoms with E-state index in [1.54, 1.807) is 0 Å². The molecule has 0 aromatic carbocycles. The van der Waals surface area contributed by atoms with E-state index in [0.717, 1.165) is 77.7 Å². The number of guanidine groups is 1. The van der Waals surface area contributed by atoms with Crippen molar-refractivity contribution in [3.63, 3.8) is 0 Å². The fraction of sp³-hybridized carbons (Fsp3) is 0.950. The van der Waals surface area contributed by atoms with Gasteiger partial charge in [-0.1, -0.05) is 13.8 Å². The summed E-state index contributed by atoms with van der Waals surface area (Å²) in [6, 6.07) is 0.432. The largest absolute Gasteiger partial charge is 0.381 e. The zero-order valence-electron chi connectivity index (χ0n) is 17.6. The van der Waals surface area contributed by atoms with E-state index in [1.165, 1.54) is 13.0 Å². The second-order valence-corrected chi connectivity index (χ2v) is 7.20. The molecule has 1 unspecified atom stereocenters. The Bertz CT molecular complexity index is 356. The first-order valence-corrected chi connectivity index (χ1v) is 10.5. The monoisotopic (exact) mass is 370 g/mol. The minimum atomic E-state index is 0.432. The molecule has 1 fully saturated rings. The average molecular weight is 371 g/mol. The van der Waals surface area contributed by atoms with Crippen molar-refractivity contribution in [2.24, 2.45) is 10.9 Å². The Morgan fingerprint density at radius 1 is 1.23 bits per heavy atom. The lowest BCUT2D eigenvalue weighted by molar-refractivity contribution is 0.0203. The van der Waals surface area contributed by atoms with Gasteiger partial charge < -0.3 is 25.0 Å². The van der Waals surface area contributed by atoms with Crippen molar-refractivity contribution < 1.29 is 9.47 Å². The lowest BCUT2D eigenvalue weighted by Gasteiger charge is -2.22. The lowest BCUT2D eigenvalue weighted by Crippen LogP contribution is -2.43. The van der Waals surface area contributed by atoms with Gasteiger partial charge in [0.1, 0.15) is 0 Å². The third-order valence-corrected chi connectivity index (χ3v) is 5.06. The molecule has 6 nitrogen and oxygen atoms in total. The standard InChI is InChI=1S/C20H42N4O2/c1-5-24(6-2)13-7-9-18(3)23-20(21-4)22-12-8-14-26-17-19-10-15-25-16-11-19/h18-19H,5-17H2,1-4H3,(H2,21,22,23). The lowest BCUT2D eigenvalue weighted by atomic mass is 10.0. The smallest absolute Gasteiger partial charge is 0.191 e. The number of hydrogen-bond acceptors (Lipinski definition) is 4. The summed E-state index contributed by atoms with van der Waals surface area (Å²) in [4.78, 5) is 6.80. The van der Waals surface area contributed by atoms with E-state index in [9.17, 15) is 0 Å². The van der Waals surface area contributed by atoms with Crippen LogP contribution >= 0.6 is 0 Å². The van der Waals surface area contributed by atoms with Crippen molar-refractivity contribution in [2.75, 3.05) is 59.7 Å². The molecule has 1 atom stereocenters. The number of hydrogen-bond donors (Lipinski definition) is 2. The third kappa shape index (κ3) is 11.0. The van der Waals surface area contributed by atoms with Gasteiger partial charge in [-0.05, 0) is 64.6 Å². The van der Waals surface area contributed by atoms with Gasteiger partial charge in [-0.2, -0.15) is 0 Å². The van der Waals surface area contributed by atoms with Gasteiger partial charge in [0, 0.05) is 46.1 Å². The van der Waals surface area contributed by atoms with Crippen LogP contribution in [0.5, 0.6) is 0 Å². The van der Waals surface area contributed by atoms with E-state index < -0.39 is 0 Å². The summed E-state index contributed by atoms with van der Waals surface area (Å²) in [7, 11) is 1.83. The maximum Gasteiger partial charge on any atom is 0.191 e. The van der Waals surface area contributed by atoms with Crippen LogP contribution in [0.15, 0.2) is 4.99 Å². The van der Waals surface area contributed by atoms with Gasteiger partial charge in [0.2, 0.25) is 0 Å². The molecule has 0 aromatic heterocycles. The zero-order chi connectivity index (χ0) is 19.0. The Morgan fingerprint density at radius 2 is 1.96 bits per heavy atom. The van der Waals surface area contributed by atoms with E-state index in [0.29, 0.717) is 12.0 Å². The van der Waals surface area contributed by atoms with Crippen molar-refractivity contribution in [3.8, 4) is 0 Å². The number of ether oxygens (including phenoxy) is 2. The molecule has 2 N–H and O–H groups in total. The highest BCUT2D eigenvalue weighted by Crippen LogP contribution is 2.14. The fourth-order valence-electron chi connectivity index (χ4n) is 3.21. The van der Waals surface area contributed by atoms with E-state index >= 15 is 0 Å². The van der Waals surface area contributed by atoms with E-state index in [4.69, 9.17) is 9.47 Å². The Kier molecular flexibility index (Phi) is 13.6. The molecular weight excluding hydrogens is 328 g/mol. The predicted octanol–water partition coefficient (Wildman–Crippen LogP) is 2.50. The SMILES string of the molecule is CCN(CC)CCCC(C)NC(=NC)NCCCOCC1CCOCC1. The van der Waals surface area contributed by atoms with E-state index in [-0.39, 0.29) is 0 Å². The van der Waals surface area contributed by atoms with Gasteiger partial charge in [-0.15, -0.1) is 0 Å². The molecule has 1 heterocycles. The van der Waals surface area contributed by atoms with Crippen molar-refractivity contribution in [1.29, 1.82) is 0 Å². The van der Waals surface area contributed by atoms with E-state index in [2.05, 4.69) is 41.3 Å². The summed E-state index contributed by atoms with van der Waals surface area (Å²) in [5, 5.41) is 6.87. The second-order valence-electron chi connectivity index (χ2n) is 7.20. The number of aliphatic imine (C=N–C) groups is 1. The Balaban J connectivity index is 2.03. The van der Waals surface area contributed by atoms with E-state index in [1.807, 2.05) is 7.05 Å².